The van der Waals surface area contributed by atoms with Crippen molar-refractivity contribution in [1.82, 2.24) is 10.3 Å². The highest BCUT2D eigenvalue weighted by molar-refractivity contribution is 6.20. The third-order valence-corrected chi connectivity index (χ3v) is 4.79. The van der Waals surface area contributed by atoms with E-state index in [1.807, 2.05) is 6.07 Å². The van der Waals surface area contributed by atoms with E-state index in [2.05, 4.69) is 41.5 Å². The van der Waals surface area contributed by atoms with Crippen LogP contribution in [0, 0.1) is 12.8 Å². The van der Waals surface area contributed by atoms with Gasteiger partial charge in [-0.25, -0.2) is 0 Å². The van der Waals surface area contributed by atoms with Crippen molar-refractivity contribution in [2.75, 3.05) is 6.54 Å². The standard InChI is InChI=1S/C17H21ClN2/c1-12-9-14(15-6-2-3-8-17(15)20-12)11-19-10-13-5-4-7-16(13)18/h2-3,6,8-9,13,16,19H,4-5,7,10-11H2,1H3. The maximum absolute atomic E-state index is 6.33. The van der Waals surface area contributed by atoms with Crippen LogP contribution in [0.15, 0.2) is 30.3 Å². The third-order valence-electron chi connectivity index (χ3n) is 4.22. The Morgan fingerprint density at radius 3 is 2.95 bits per heavy atom. The molecule has 1 aliphatic carbocycles. The van der Waals surface area contributed by atoms with Gasteiger partial charge in [-0.15, -0.1) is 11.6 Å². The summed E-state index contributed by atoms with van der Waals surface area (Å²) in [5.74, 6) is 0.630. The van der Waals surface area contributed by atoms with E-state index in [1.165, 1.54) is 30.2 Å². The second-order valence-electron chi connectivity index (χ2n) is 5.78. The lowest BCUT2D eigenvalue weighted by Crippen LogP contribution is -2.25. The molecule has 0 aliphatic heterocycles. The van der Waals surface area contributed by atoms with Crippen molar-refractivity contribution >= 4 is 22.5 Å². The Labute approximate surface area is 125 Å². The predicted octanol–water partition coefficient (Wildman–Crippen LogP) is 4.04. The molecule has 106 valence electrons. The zero-order valence-electron chi connectivity index (χ0n) is 11.9. The van der Waals surface area contributed by atoms with Crippen LogP contribution in [0.25, 0.3) is 10.9 Å². The predicted molar refractivity (Wildman–Crippen MR) is 85.2 cm³/mol. The van der Waals surface area contributed by atoms with Crippen molar-refractivity contribution in [3.63, 3.8) is 0 Å². The topological polar surface area (TPSA) is 24.9 Å². The molecule has 0 saturated heterocycles. The molecule has 2 unspecified atom stereocenters. The van der Waals surface area contributed by atoms with Crippen molar-refractivity contribution in [1.29, 1.82) is 0 Å². The van der Waals surface area contributed by atoms with Gasteiger partial charge >= 0.3 is 0 Å². The number of nitrogens with zero attached hydrogens (tertiary/aromatic N) is 1. The van der Waals surface area contributed by atoms with Gasteiger partial charge in [0, 0.05) is 23.0 Å². The smallest absolute Gasteiger partial charge is 0.0708 e. The van der Waals surface area contributed by atoms with Gasteiger partial charge in [-0.3, -0.25) is 4.98 Å². The first-order valence-electron chi connectivity index (χ1n) is 7.44. The molecule has 1 aromatic heterocycles. The summed E-state index contributed by atoms with van der Waals surface area (Å²) in [4.78, 5) is 4.59. The molecule has 0 amide bonds. The molecule has 1 N–H and O–H groups in total. The summed E-state index contributed by atoms with van der Waals surface area (Å²) in [6, 6.07) is 10.5. The van der Waals surface area contributed by atoms with E-state index in [0.29, 0.717) is 11.3 Å². The maximum atomic E-state index is 6.33. The summed E-state index contributed by atoms with van der Waals surface area (Å²) in [6.45, 7) is 3.97. The average molecular weight is 289 g/mol. The van der Waals surface area contributed by atoms with E-state index in [0.717, 1.165) is 24.3 Å². The van der Waals surface area contributed by atoms with E-state index in [9.17, 15) is 0 Å². The number of hydrogen-bond acceptors (Lipinski definition) is 2. The van der Waals surface area contributed by atoms with Gasteiger partial charge in [0.15, 0.2) is 0 Å². The van der Waals surface area contributed by atoms with Gasteiger partial charge in [0.1, 0.15) is 0 Å². The van der Waals surface area contributed by atoms with Crippen molar-refractivity contribution in [2.45, 2.75) is 38.1 Å². The number of nitrogens with one attached hydrogen (secondary N) is 1. The summed E-state index contributed by atoms with van der Waals surface area (Å²) in [5.41, 5.74) is 3.49. The fourth-order valence-corrected chi connectivity index (χ4v) is 3.52. The van der Waals surface area contributed by atoms with Crippen LogP contribution in [0.4, 0.5) is 0 Å². The van der Waals surface area contributed by atoms with Crippen molar-refractivity contribution in [3.8, 4) is 0 Å². The van der Waals surface area contributed by atoms with Crippen LogP contribution in [0.3, 0.4) is 0 Å². The van der Waals surface area contributed by atoms with Crippen LogP contribution >= 0.6 is 11.6 Å². The van der Waals surface area contributed by atoms with Gasteiger partial charge in [-0.1, -0.05) is 24.6 Å². The van der Waals surface area contributed by atoms with Crippen LogP contribution in [0.5, 0.6) is 0 Å². The Morgan fingerprint density at radius 1 is 1.30 bits per heavy atom. The fourth-order valence-electron chi connectivity index (χ4n) is 3.15. The van der Waals surface area contributed by atoms with Gasteiger partial charge in [-0.05, 0) is 49.9 Å². The zero-order chi connectivity index (χ0) is 13.9. The highest BCUT2D eigenvalue weighted by Crippen LogP contribution is 2.29. The number of alkyl halides is 1. The Hall–Kier alpha value is -1.12. The normalized spacial score (nSPS) is 22.5. The first-order chi connectivity index (χ1) is 9.74. The number of fused-ring (bicyclic) bond motifs is 1. The maximum Gasteiger partial charge on any atom is 0.0708 e. The quantitative estimate of drug-likeness (QED) is 0.859. The van der Waals surface area contributed by atoms with E-state index >= 15 is 0 Å². The monoisotopic (exact) mass is 288 g/mol. The molecule has 2 nitrogen and oxygen atoms in total. The molecular weight excluding hydrogens is 268 g/mol. The van der Waals surface area contributed by atoms with Crippen LogP contribution < -0.4 is 5.32 Å². The van der Waals surface area contributed by atoms with Gasteiger partial charge in [0.05, 0.1) is 5.52 Å². The van der Waals surface area contributed by atoms with Gasteiger partial charge in [0.2, 0.25) is 0 Å². The number of aromatic nitrogens is 1. The second kappa shape index (κ2) is 6.11. The van der Waals surface area contributed by atoms with Gasteiger partial charge in [-0.2, -0.15) is 0 Å². The lowest BCUT2D eigenvalue weighted by atomic mass is 10.1. The Kier molecular flexibility index (Phi) is 4.23. The number of halogens is 1. The number of rotatable bonds is 4. The Balaban J connectivity index is 1.71. The Morgan fingerprint density at radius 2 is 2.15 bits per heavy atom. The molecule has 1 saturated carbocycles. The van der Waals surface area contributed by atoms with E-state index < -0.39 is 0 Å². The van der Waals surface area contributed by atoms with Crippen LogP contribution in [-0.4, -0.2) is 16.9 Å². The summed E-state index contributed by atoms with van der Waals surface area (Å²) in [7, 11) is 0. The first-order valence-corrected chi connectivity index (χ1v) is 7.88. The number of aryl methyl sites for hydroxylation is 1. The molecule has 1 heterocycles. The molecular formula is C17H21ClN2. The molecule has 1 aliphatic rings. The molecule has 0 spiro atoms. The molecule has 3 heteroatoms. The van der Waals surface area contributed by atoms with Gasteiger partial charge < -0.3 is 5.32 Å². The molecule has 20 heavy (non-hydrogen) atoms. The fraction of sp³-hybridized carbons (Fsp3) is 0.471. The summed E-state index contributed by atoms with van der Waals surface area (Å²) >= 11 is 6.33. The molecule has 2 aromatic rings. The molecule has 0 bridgehead atoms. The number of pyridine rings is 1. The second-order valence-corrected chi connectivity index (χ2v) is 6.34. The highest BCUT2D eigenvalue weighted by atomic mass is 35.5. The lowest BCUT2D eigenvalue weighted by Gasteiger charge is -2.15. The molecule has 3 rings (SSSR count). The first kappa shape index (κ1) is 13.8. The average Bonchev–Trinajstić information content (AvgIpc) is 2.84. The minimum atomic E-state index is 0.360. The molecule has 1 fully saturated rings. The summed E-state index contributed by atoms with van der Waals surface area (Å²) in [6.07, 6.45) is 3.71. The summed E-state index contributed by atoms with van der Waals surface area (Å²) < 4.78 is 0. The number of hydrogen-bond donors (Lipinski definition) is 1. The number of para-hydroxylation sites is 1. The molecule has 0 radical (unpaired) electrons. The summed E-state index contributed by atoms with van der Waals surface area (Å²) in [5, 5.41) is 5.19. The van der Waals surface area contributed by atoms with Crippen LogP contribution in [0.1, 0.15) is 30.5 Å². The van der Waals surface area contributed by atoms with Crippen molar-refractivity contribution in [3.05, 3.63) is 41.6 Å². The van der Waals surface area contributed by atoms with E-state index in [1.54, 1.807) is 0 Å². The highest BCUT2D eigenvalue weighted by Gasteiger charge is 2.24. The van der Waals surface area contributed by atoms with Crippen molar-refractivity contribution < 1.29 is 0 Å². The third kappa shape index (κ3) is 2.97. The SMILES string of the molecule is Cc1cc(CNCC2CCCC2Cl)c2ccccc2n1. The van der Waals surface area contributed by atoms with Gasteiger partial charge in [0.25, 0.3) is 0 Å². The largest absolute Gasteiger partial charge is 0.312 e. The van der Waals surface area contributed by atoms with E-state index in [-0.39, 0.29) is 0 Å². The molecule has 2 atom stereocenters. The molecule has 1 aromatic carbocycles. The lowest BCUT2D eigenvalue weighted by molar-refractivity contribution is 0.494. The van der Waals surface area contributed by atoms with Crippen LogP contribution in [0.2, 0.25) is 0 Å². The zero-order valence-corrected chi connectivity index (χ0v) is 12.7. The minimum Gasteiger partial charge on any atom is -0.312 e. The Bertz CT molecular complexity index is 597. The van der Waals surface area contributed by atoms with Crippen molar-refractivity contribution in [2.24, 2.45) is 5.92 Å². The number of benzene rings is 1. The minimum absolute atomic E-state index is 0.360. The van der Waals surface area contributed by atoms with E-state index in [4.69, 9.17) is 11.6 Å². The van der Waals surface area contributed by atoms with Crippen LogP contribution in [-0.2, 0) is 6.54 Å².